The van der Waals surface area contributed by atoms with Crippen LogP contribution < -0.4 is 10.1 Å². The third-order valence-electron chi connectivity index (χ3n) is 12.2. The lowest BCUT2D eigenvalue weighted by molar-refractivity contribution is -0.233. The van der Waals surface area contributed by atoms with Crippen LogP contribution in [0.3, 0.4) is 0 Å². The minimum Gasteiger partial charge on any atom is -0.481 e. The first-order chi connectivity index (χ1) is 25.2. The number of esters is 1. The number of nitrogens with zero attached hydrogens (tertiary/aromatic N) is 1. The molecule has 14 nitrogen and oxygen atoms in total. The van der Waals surface area contributed by atoms with Crippen LogP contribution in [-0.2, 0) is 44.7 Å². The number of thiazole rings is 1. The van der Waals surface area contributed by atoms with E-state index in [0.717, 1.165) is 42.4 Å². The summed E-state index contributed by atoms with van der Waals surface area (Å²) in [5, 5.41) is 32.6. The van der Waals surface area contributed by atoms with E-state index in [2.05, 4.69) is 17.2 Å². The van der Waals surface area contributed by atoms with Gasteiger partial charge in [-0.1, -0.05) is 13.0 Å². The van der Waals surface area contributed by atoms with E-state index >= 15 is 0 Å². The Morgan fingerprint density at radius 2 is 1.72 bits per heavy atom. The number of fused-ring (bicyclic) bond motifs is 5. The van der Waals surface area contributed by atoms with Gasteiger partial charge in [0, 0.05) is 47.6 Å². The standard InChI is InChI=1S/C38H46N2O12S/c1-18-17-39-37(53-18)40-29(42)9-5-20-13-28(41)38(2)11-10-23-22-8-6-21(12-19(22)4-7-24(23)33(20)38)51-36-27(16-32(47)48)25(14-30(43)44)26(15-31(45)46)34(52-36)35(49)50-3/h6,8,12,17,20,23-27,33-34,36H,4-5,7,9-11,13-16H2,1-3H3,(H,43,44)(H,45,46)(H,47,48)(H,39,40,42)/t20-,23?,24?,25+,26+,27-,33?,34+,36-,38-/m1/s1. The maximum atomic E-state index is 13.5. The fraction of sp³-hybridized carbons (Fsp3) is 0.605. The molecular weight excluding hydrogens is 708 g/mol. The van der Waals surface area contributed by atoms with Crippen molar-refractivity contribution in [2.45, 2.75) is 96.4 Å². The number of ketones is 1. The SMILES string of the molecule is COC(=O)[C@H]1O[C@@H](Oc2ccc3c(c2)CCC2C3CC[C@]3(C)C(=O)C[C@@H](CCC(=O)Nc4ncc(C)s4)C23)[C@H](CC(=O)O)[C@@H](CC(=O)O)[C@@H]1CC(=O)O. The second-order valence-electron chi connectivity index (χ2n) is 15.3. The van der Waals surface area contributed by atoms with E-state index in [0.29, 0.717) is 36.6 Å². The zero-order valence-corrected chi connectivity index (χ0v) is 30.8. The number of aryl methyl sites for hydroxylation is 2. The zero-order chi connectivity index (χ0) is 38.2. The van der Waals surface area contributed by atoms with Gasteiger partial charge in [0.05, 0.1) is 20.0 Å². The summed E-state index contributed by atoms with van der Waals surface area (Å²) in [4.78, 5) is 80.1. The molecule has 0 bridgehead atoms. The number of carbonyl (C=O) groups excluding carboxylic acids is 3. The topological polar surface area (TPSA) is 216 Å². The summed E-state index contributed by atoms with van der Waals surface area (Å²) in [5.74, 6) is -6.90. The molecule has 15 heteroatoms. The van der Waals surface area contributed by atoms with Crippen molar-refractivity contribution in [3.63, 3.8) is 0 Å². The number of carboxylic acid groups (broad SMARTS) is 3. The number of rotatable bonds is 13. The number of aromatic nitrogens is 1. The maximum absolute atomic E-state index is 13.5. The third-order valence-corrected chi connectivity index (χ3v) is 13.0. The van der Waals surface area contributed by atoms with Gasteiger partial charge in [0.25, 0.3) is 0 Å². The largest absolute Gasteiger partial charge is 0.481 e. The second kappa shape index (κ2) is 15.5. The monoisotopic (exact) mass is 754 g/mol. The van der Waals surface area contributed by atoms with Crippen LogP contribution >= 0.6 is 11.3 Å². The van der Waals surface area contributed by atoms with Gasteiger partial charge in [0.2, 0.25) is 12.2 Å². The number of benzene rings is 1. The van der Waals surface area contributed by atoms with Gasteiger partial charge >= 0.3 is 23.9 Å². The van der Waals surface area contributed by atoms with E-state index in [1.165, 1.54) is 11.3 Å². The summed E-state index contributed by atoms with van der Waals surface area (Å²) in [7, 11) is 1.10. The Kier molecular flexibility index (Phi) is 11.2. The molecule has 1 amide bonds. The van der Waals surface area contributed by atoms with Crippen molar-refractivity contribution in [1.29, 1.82) is 0 Å². The number of hydrogen-bond acceptors (Lipinski definition) is 11. The van der Waals surface area contributed by atoms with Crippen LogP contribution in [0, 0.1) is 47.8 Å². The van der Waals surface area contributed by atoms with Gasteiger partial charge in [-0.15, -0.1) is 11.3 Å². The first-order valence-corrected chi connectivity index (χ1v) is 18.9. The molecular formula is C38H46N2O12S. The Labute approximate surface area is 310 Å². The summed E-state index contributed by atoms with van der Waals surface area (Å²) in [5.41, 5.74) is 1.75. The van der Waals surface area contributed by atoms with Crippen molar-refractivity contribution in [3.8, 4) is 5.75 Å². The summed E-state index contributed by atoms with van der Waals surface area (Å²) >= 11 is 1.42. The number of carbonyl (C=O) groups is 6. The van der Waals surface area contributed by atoms with Gasteiger partial charge in [-0.3, -0.25) is 24.0 Å². The number of amides is 1. The molecule has 1 saturated heterocycles. The number of methoxy groups -OCH3 is 1. The second-order valence-corrected chi connectivity index (χ2v) is 16.5. The lowest BCUT2D eigenvalue weighted by Crippen LogP contribution is -2.54. The minimum atomic E-state index is -1.49. The van der Waals surface area contributed by atoms with Gasteiger partial charge in [-0.25, -0.2) is 9.78 Å². The van der Waals surface area contributed by atoms with Crippen molar-refractivity contribution >= 4 is 52.0 Å². The first kappa shape index (κ1) is 38.4. The van der Waals surface area contributed by atoms with Gasteiger partial charge in [0.15, 0.2) is 11.2 Å². The molecule has 6 rings (SSSR count). The molecule has 3 unspecified atom stereocenters. The zero-order valence-electron chi connectivity index (χ0n) is 29.9. The molecule has 0 radical (unpaired) electrons. The average Bonchev–Trinajstić information content (AvgIpc) is 3.62. The molecule has 4 N–H and O–H groups in total. The van der Waals surface area contributed by atoms with Gasteiger partial charge in [-0.2, -0.15) is 0 Å². The molecule has 1 aromatic carbocycles. The summed E-state index contributed by atoms with van der Waals surface area (Å²) < 4.78 is 17.1. The molecule has 1 aromatic heterocycles. The van der Waals surface area contributed by atoms with Gasteiger partial charge < -0.3 is 34.8 Å². The number of Topliss-reactive ketones (excluding diaryl/α,β-unsaturated/α-hetero) is 1. The van der Waals surface area contributed by atoms with E-state index in [4.69, 9.17) is 14.2 Å². The van der Waals surface area contributed by atoms with E-state index in [9.17, 15) is 44.1 Å². The van der Waals surface area contributed by atoms with Crippen LogP contribution in [0.5, 0.6) is 5.75 Å². The van der Waals surface area contributed by atoms with Crippen molar-refractivity contribution in [3.05, 3.63) is 40.4 Å². The number of ether oxygens (including phenoxy) is 3. The molecule has 3 aliphatic carbocycles. The van der Waals surface area contributed by atoms with Crippen molar-refractivity contribution in [2.75, 3.05) is 12.4 Å². The highest BCUT2D eigenvalue weighted by atomic mass is 32.1. The Morgan fingerprint density at radius 1 is 1.02 bits per heavy atom. The summed E-state index contributed by atoms with van der Waals surface area (Å²) in [6, 6.07) is 5.60. The highest BCUT2D eigenvalue weighted by Gasteiger charge is 2.58. The van der Waals surface area contributed by atoms with Crippen molar-refractivity contribution < 1.29 is 58.3 Å². The lowest BCUT2D eigenvalue weighted by Gasteiger charge is -2.50. The van der Waals surface area contributed by atoms with Crippen molar-refractivity contribution in [1.82, 2.24) is 4.98 Å². The van der Waals surface area contributed by atoms with Crippen LogP contribution in [0.1, 0.15) is 86.6 Å². The Morgan fingerprint density at radius 3 is 2.38 bits per heavy atom. The summed E-state index contributed by atoms with van der Waals surface area (Å²) in [6.07, 6.45) is 1.56. The predicted octanol–water partition coefficient (Wildman–Crippen LogP) is 5.07. The number of hydrogen-bond donors (Lipinski definition) is 4. The fourth-order valence-corrected chi connectivity index (χ4v) is 10.6. The Bertz CT molecular complexity index is 1780. The molecule has 1 aliphatic heterocycles. The van der Waals surface area contributed by atoms with E-state index < -0.39 is 78.7 Å². The lowest BCUT2D eigenvalue weighted by atomic mass is 9.54. The molecule has 53 heavy (non-hydrogen) atoms. The van der Waals surface area contributed by atoms with Gasteiger partial charge in [-0.05, 0) is 91.9 Å². The van der Waals surface area contributed by atoms with E-state index in [1.54, 1.807) is 12.3 Å². The molecule has 286 valence electrons. The van der Waals surface area contributed by atoms with Crippen LogP contribution in [-0.4, -0.2) is 75.4 Å². The van der Waals surface area contributed by atoms with E-state index in [-0.39, 0.29) is 35.4 Å². The molecule has 2 heterocycles. The normalized spacial score (nSPS) is 31.8. The van der Waals surface area contributed by atoms with Crippen LogP contribution in [0.4, 0.5) is 5.13 Å². The molecule has 2 aromatic rings. The number of carboxylic acids is 3. The van der Waals surface area contributed by atoms with Crippen LogP contribution in [0.2, 0.25) is 0 Å². The van der Waals surface area contributed by atoms with Crippen molar-refractivity contribution in [2.24, 2.45) is 40.9 Å². The predicted molar refractivity (Wildman–Crippen MR) is 188 cm³/mol. The fourth-order valence-electron chi connectivity index (χ4n) is 9.97. The summed E-state index contributed by atoms with van der Waals surface area (Å²) in [6.45, 7) is 4.02. The molecule has 2 saturated carbocycles. The number of aliphatic carboxylic acids is 3. The number of anilines is 1. The molecule has 0 spiro atoms. The Balaban J connectivity index is 1.21. The average molecular weight is 755 g/mol. The quantitative estimate of drug-likeness (QED) is 0.197. The smallest absolute Gasteiger partial charge is 0.335 e. The van der Waals surface area contributed by atoms with Crippen LogP contribution in [0.25, 0.3) is 0 Å². The minimum absolute atomic E-state index is 0.0920. The molecule has 4 aliphatic rings. The first-order valence-electron chi connectivity index (χ1n) is 18.1. The van der Waals surface area contributed by atoms with Gasteiger partial charge in [0.1, 0.15) is 11.5 Å². The third kappa shape index (κ3) is 7.96. The maximum Gasteiger partial charge on any atom is 0.335 e. The number of nitrogens with one attached hydrogen (secondary N) is 1. The molecule has 10 atom stereocenters. The van der Waals surface area contributed by atoms with E-state index in [1.807, 2.05) is 19.1 Å². The Hall–Kier alpha value is -4.37. The highest BCUT2D eigenvalue weighted by molar-refractivity contribution is 7.15. The molecule has 3 fully saturated rings. The highest BCUT2D eigenvalue weighted by Crippen LogP contribution is 2.62. The van der Waals surface area contributed by atoms with Crippen LogP contribution in [0.15, 0.2) is 24.4 Å².